The van der Waals surface area contributed by atoms with E-state index in [9.17, 15) is 0 Å². The zero-order chi connectivity index (χ0) is 10.1. The predicted octanol–water partition coefficient (Wildman–Crippen LogP) is 2.66. The molecule has 0 radical (unpaired) electrons. The van der Waals surface area contributed by atoms with E-state index < -0.39 is 0 Å². The van der Waals surface area contributed by atoms with Crippen LogP contribution >= 0.6 is 11.6 Å². The minimum Gasteiger partial charge on any atom is -0.325 e. The summed E-state index contributed by atoms with van der Waals surface area (Å²) in [7, 11) is 0. The second kappa shape index (κ2) is 3.56. The molecule has 0 unspecified atom stereocenters. The van der Waals surface area contributed by atoms with Crippen LogP contribution in [-0.4, -0.2) is 4.98 Å². The summed E-state index contributed by atoms with van der Waals surface area (Å²) in [4.78, 5) is 4.22. The standard InChI is InChI=1S/C11H11ClN2/c1-7-4-9-8(10(12)5-7)2-3-14-11(9)6-13/h2-5H,6,13H2,1H3. The molecule has 1 aromatic carbocycles. The van der Waals surface area contributed by atoms with Crippen LogP contribution in [0.25, 0.3) is 10.8 Å². The Morgan fingerprint density at radius 1 is 1.36 bits per heavy atom. The average molecular weight is 207 g/mol. The van der Waals surface area contributed by atoms with Crippen LogP contribution in [0.5, 0.6) is 0 Å². The fourth-order valence-electron chi connectivity index (χ4n) is 1.60. The molecule has 1 heterocycles. The lowest BCUT2D eigenvalue weighted by Gasteiger charge is -2.06. The largest absolute Gasteiger partial charge is 0.325 e. The molecule has 0 amide bonds. The van der Waals surface area contributed by atoms with E-state index in [2.05, 4.69) is 11.1 Å². The molecule has 0 fully saturated rings. The maximum absolute atomic E-state index is 6.12. The van der Waals surface area contributed by atoms with Gasteiger partial charge in [0, 0.05) is 28.5 Å². The van der Waals surface area contributed by atoms with Crippen LogP contribution in [0.15, 0.2) is 24.4 Å². The monoisotopic (exact) mass is 206 g/mol. The summed E-state index contributed by atoms with van der Waals surface area (Å²) >= 11 is 6.12. The first-order valence-electron chi connectivity index (χ1n) is 4.46. The van der Waals surface area contributed by atoms with E-state index in [0.29, 0.717) is 6.54 Å². The van der Waals surface area contributed by atoms with Gasteiger partial charge in [-0.1, -0.05) is 11.6 Å². The summed E-state index contributed by atoms with van der Waals surface area (Å²) in [6.45, 7) is 2.45. The Balaban J connectivity index is 2.86. The van der Waals surface area contributed by atoms with Crippen molar-refractivity contribution >= 4 is 22.4 Å². The fourth-order valence-corrected chi connectivity index (χ4v) is 1.93. The van der Waals surface area contributed by atoms with Crippen molar-refractivity contribution in [2.45, 2.75) is 13.5 Å². The smallest absolute Gasteiger partial charge is 0.0618 e. The Bertz CT molecular complexity index is 480. The Labute approximate surface area is 87.7 Å². The maximum Gasteiger partial charge on any atom is 0.0618 e. The Hall–Kier alpha value is -1.12. The Morgan fingerprint density at radius 3 is 2.86 bits per heavy atom. The maximum atomic E-state index is 6.12. The van der Waals surface area contributed by atoms with Gasteiger partial charge in [-0.25, -0.2) is 0 Å². The molecule has 14 heavy (non-hydrogen) atoms. The van der Waals surface area contributed by atoms with Crippen molar-refractivity contribution in [1.82, 2.24) is 4.98 Å². The van der Waals surface area contributed by atoms with Gasteiger partial charge in [0.1, 0.15) is 0 Å². The van der Waals surface area contributed by atoms with E-state index in [0.717, 1.165) is 27.1 Å². The molecule has 0 aliphatic carbocycles. The topological polar surface area (TPSA) is 38.9 Å². The fraction of sp³-hybridized carbons (Fsp3) is 0.182. The summed E-state index contributed by atoms with van der Waals surface area (Å²) in [6, 6.07) is 5.93. The highest BCUT2D eigenvalue weighted by molar-refractivity contribution is 6.35. The number of benzene rings is 1. The van der Waals surface area contributed by atoms with Crippen LogP contribution in [0.4, 0.5) is 0 Å². The molecular formula is C11H11ClN2. The van der Waals surface area contributed by atoms with Crippen LogP contribution < -0.4 is 5.73 Å². The number of rotatable bonds is 1. The molecule has 0 bridgehead atoms. The number of pyridine rings is 1. The second-order valence-corrected chi connectivity index (χ2v) is 3.71. The first kappa shape index (κ1) is 9.44. The highest BCUT2D eigenvalue weighted by atomic mass is 35.5. The number of fused-ring (bicyclic) bond motifs is 1. The number of nitrogens with zero attached hydrogens (tertiary/aromatic N) is 1. The van der Waals surface area contributed by atoms with Gasteiger partial charge in [0.05, 0.1) is 5.69 Å². The van der Waals surface area contributed by atoms with E-state index in [1.54, 1.807) is 6.20 Å². The quantitative estimate of drug-likeness (QED) is 0.779. The molecule has 0 saturated heterocycles. The van der Waals surface area contributed by atoms with Gasteiger partial charge < -0.3 is 5.73 Å². The van der Waals surface area contributed by atoms with Gasteiger partial charge in [0.15, 0.2) is 0 Å². The molecular weight excluding hydrogens is 196 g/mol. The van der Waals surface area contributed by atoms with Crippen LogP contribution in [0.2, 0.25) is 5.02 Å². The normalized spacial score (nSPS) is 10.8. The predicted molar refractivity (Wildman–Crippen MR) is 59.4 cm³/mol. The molecule has 2 N–H and O–H groups in total. The molecule has 0 saturated carbocycles. The van der Waals surface area contributed by atoms with Gasteiger partial charge in [-0.2, -0.15) is 0 Å². The van der Waals surface area contributed by atoms with Crippen LogP contribution in [0, 0.1) is 6.92 Å². The van der Waals surface area contributed by atoms with Gasteiger partial charge in [0.25, 0.3) is 0 Å². The zero-order valence-corrected chi connectivity index (χ0v) is 8.67. The summed E-state index contributed by atoms with van der Waals surface area (Å²) in [5.74, 6) is 0. The molecule has 0 atom stereocenters. The van der Waals surface area contributed by atoms with Gasteiger partial charge in [-0.15, -0.1) is 0 Å². The summed E-state index contributed by atoms with van der Waals surface area (Å²) in [5, 5.41) is 2.84. The second-order valence-electron chi connectivity index (χ2n) is 3.30. The lowest BCUT2D eigenvalue weighted by Crippen LogP contribution is -2.00. The number of aromatic nitrogens is 1. The third kappa shape index (κ3) is 1.47. The van der Waals surface area contributed by atoms with E-state index in [1.807, 2.05) is 19.1 Å². The highest BCUT2D eigenvalue weighted by Gasteiger charge is 2.04. The van der Waals surface area contributed by atoms with Crippen molar-refractivity contribution in [1.29, 1.82) is 0 Å². The molecule has 0 aliphatic rings. The summed E-state index contributed by atoms with van der Waals surface area (Å²) in [6.07, 6.45) is 1.74. The van der Waals surface area contributed by atoms with E-state index in [4.69, 9.17) is 17.3 Å². The SMILES string of the molecule is Cc1cc(Cl)c2ccnc(CN)c2c1. The van der Waals surface area contributed by atoms with Crippen LogP contribution in [0.1, 0.15) is 11.3 Å². The van der Waals surface area contributed by atoms with Gasteiger partial charge in [-0.3, -0.25) is 4.98 Å². The molecule has 72 valence electrons. The summed E-state index contributed by atoms with van der Waals surface area (Å²) in [5.41, 5.74) is 7.64. The number of hydrogen-bond acceptors (Lipinski definition) is 2. The van der Waals surface area contributed by atoms with Crippen molar-refractivity contribution in [2.75, 3.05) is 0 Å². The van der Waals surface area contributed by atoms with Crippen molar-refractivity contribution in [2.24, 2.45) is 5.73 Å². The molecule has 2 aromatic rings. The lowest BCUT2D eigenvalue weighted by molar-refractivity contribution is 1.01. The minimum atomic E-state index is 0.442. The average Bonchev–Trinajstić information content (AvgIpc) is 2.17. The first-order valence-corrected chi connectivity index (χ1v) is 4.84. The summed E-state index contributed by atoms with van der Waals surface area (Å²) < 4.78 is 0. The molecule has 0 aliphatic heterocycles. The van der Waals surface area contributed by atoms with Gasteiger partial charge in [-0.05, 0) is 30.7 Å². The van der Waals surface area contributed by atoms with E-state index >= 15 is 0 Å². The van der Waals surface area contributed by atoms with Crippen LogP contribution in [-0.2, 0) is 6.54 Å². The Kier molecular flexibility index (Phi) is 2.40. The van der Waals surface area contributed by atoms with E-state index in [1.165, 1.54) is 0 Å². The molecule has 0 spiro atoms. The number of nitrogens with two attached hydrogens (primary N) is 1. The van der Waals surface area contributed by atoms with Gasteiger partial charge in [0.2, 0.25) is 0 Å². The molecule has 2 rings (SSSR count). The molecule has 2 nitrogen and oxygen atoms in total. The number of hydrogen-bond donors (Lipinski definition) is 1. The Morgan fingerprint density at radius 2 is 2.14 bits per heavy atom. The zero-order valence-electron chi connectivity index (χ0n) is 7.92. The molecule has 1 aromatic heterocycles. The van der Waals surface area contributed by atoms with Crippen molar-refractivity contribution < 1.29 is 0 Å². The first-order chi connectivity index (χ1) is 6.72. The highest BCUT2D eigenvalue weighted by Crippen LogP contribution is 2.26. The van der Waals surface area contributed by atoms with Crippen molar-refractivity contribution in [3.63, 3.8) is 0 Å². The number of aryl methyl sites for hydroxylation is 1. The molecule has 3 heteroatoms. The minimum absolute atomic E-state index is 0.442. The van der Waals surface area contributed by atoms with Crippen molar-refractivity contribution in [3.8, 4) is 0 Å². The lowest BCUT2D eigenvalue weighted by atomic mass is 10.1. The van der Waals surface area contributed by atoms with Crippen LogP contribution in [0.3, 0.4) is 0 Å². The van der Waals surface area contributed by atoms with Crippen molar-refractivity contribution in [3.05, 3.63) is 40.7 Å². The number of halogens is 1. The van der Waals surface area contributed by atoms with Gasteiger partial charge >= 0.3 is 0 Å². The van der Waals surface area contributed by atoms with E-state index in [-0.39, 0.29) is 0 Å². The third-order valence-electron chi connectivity index (χ3n) is 2.25. The third-order valence-corrected chi connectivity index (χ3v) is 2.56.